The molecule has 0 fully saturated rings. The van der Waals surface area contributed by atoms with Crippen molar-refractivity contribution >= 4 is 17.3 Å². The summed E-state index contributed by atoms with van der Waals surface area (Å²) in [4.78, 5) is 13.6. The van der Waals surface area contributed by atoms with E-state index in [0.29, 0.717) is 11.6 Å². The Morgan fingerprint density at radius 3 is 3.00 bits per heavy atom. The molecule has 0 saturated carbocycles. The molecular weight excluding hydrogens is 204 g/mol. The van der Waals surface area contributed by atoms with Crippen LogP contribution in [-0.2, 0) is 4.74 Å². The van der Waals surface area contributed by atoms with E-state index in [4.69, 9.17) is 4.74 Å². The number of nitrogens with one attached hydrogen (secondary N) is 1. The van der Waals surface area contributed by atoms with Crippen LogP contribution in [0.2, 0.25) is 0 Å². The Balaban J connectivity index is 2.37. The van der Waals surface area contributed by atoms with Crippen LogP contribution in [0.3, 0.4) is 0 Å². The van der Waals surface area contributed by atoms with Gasteiger partial charge in [0.05, 0.1) is 24.0 Å². The Labute approximate surface area is 95.2 Å². The number of fused-ring (bicyclic) bond motifs is 1. The molecule has 1 aromatic carbocycles. The molecule has 2 rings (SSSR count). The first kappa shape index (κ1) is 10.8. The molecule has 0 saturated heterocycles. The number of anilines is 2. The molecule has 1 N–H and O–H groups in total. The lowest BCUT2D eigenvalue weighted by Gasteiger charge is -2.34. The maximum Gasteiger partial charge on any atom is 0.337 e. The van der Waals surface area contributed by atoms with Gasteiger partial charge in [-0.15, -0.1) is 0 Å². The van der Waals surface area contributed by atoms with E-state index in [-0.39, 0.29) is 5.97 Å². The summed E-state index contributed by atoms with van der Waals surface area (Å²) >= 11 is 0. The Hall–Kier alpha value is -1.71. The van der Waals surface area contributed by atoms with Gasteiger partial charge in [0.25, 0.3) is 0 Å². The minimum Gasteiger partial charge on any atom is -0.465 e. The monoisotopic (exact) mass is 220 g/mol. The van der Waals surface area contributed by atoms with E-state index in [2.05, 4.69) is 24.2 Å². The summed E-state index contributed by atoms with van der Waals surface area (Å²) in [5.41, 5.74) is 2.69. The van der Waals surface area contributed by atoms with E-state index >= 15 is 0 Å². The largest absolute Gasteiger partial charge is 0.465 e. The zero-order valence-corrected chi connectivity index (χ0v) is 9.78. The van der Waals surface area contributed by atoms with Crippen LogP contribution in [0, 0.1) is 0 Å². The molecule has 0 radical (unpaired) electrons. The average molecular weight is 220 g/mol. The minimum atomic E-state index is -0.300. The summed E-state index contributed by atoms with van der Waals surface area (Å²) in [6, 6.07) is 6.03. The van der Waals surface area contributed by atoms with Crippen molar-refractivity contribution in [3.63, 3.8) is 0 Å². The van der Waals surface area contributed by atoms with Gasteiger partial charge in [-0.3, -0.25) is 0 Å². The molecule has 1 aliphatic heterocycles. The third-order valence-corrected chi connectivity index (χ3v) is 3.05. The lowest BCUT2D eigenvalue weighted by Crippen LogP contribution is -2.39. The highest BCUT2D eigenvalue weighted by molar-refractivity contribution is 5.92. The summed E-state index contributed by atoms with van der Waals surface area (Å²) in [7, 11) is 3.45. The lowest BCUT2D eigenvalue weighted by atomic mass is 10.1. The van der Waals surface area contributed by atoms with Crippen molar-refractivity contribution in [3.8, 4) is 0 Å². The molecule has 16 heavy (non-hydrogen) atoms. The van der Waals surface area contributed by atoms with E-state index in [9.17, 15) is 4.79 Å². The van der Waals surface area contributed by atoms with Crippen molar-refractivity contribution in [2.45, 2.75) is 13.0 Å². The standard InChI is InChI=1S/C12H16N2O2/c1-8-7-13-10-6-9(12(15)16-3)4-5-11(10)14(8)2/h4-6,8,13H,7H2,1-3H3. The highest BCUT2D eigenvalue weighted by Gasteiger charge is 2.20. The van der Waals surface area contributed by atoms with Crippen molar-refractivity contribution in [1.29, 1.82) is 0 Å². The van der Waals surface area contributed by atoms with Gasteiger partial charge in [0, 0.05) is 19.6 Å². The highest BCUT2D eigenvalue weighted by Crippen LogP contribution is 2.31. The highest BCUT2D eigenvalue weighted by atomic mass is 16.5. The minimum absolute atomic E-state index is 0.300. The smallest absolute Gasteiger partial charge is 0.337 e. The number of ether oxygens (including phenoxy) is 1. The Morgan fingerprint density at radius 2 is 2.31 bits per heavy atom. The number of hydrogen-bond donors (Lipinski definition) is 1. The molecule has 4 heteroatoms. The zero-order chi connectivity index (χ0) is 11.7. The van der Waals surface area contributed by atoms with Crippen LogP contribution in [0.1, 0.15) is 17.3 Å². The topological polar surface area (TPSA) is 41.6 Å². The van der Waals surface area contributed by atoms with Gasteiger partial charge in [-0.05, 0) is 25.1 Å². The van der Waals surface area contributed by atoms with Crippen LogP contribution in [0.25, 0.3) is 0 Å². The number of esters is 1. The summed E-state index contributed by atoms with van der Waals surface area (Å²) in [5.74, 6) is -0.300. The lowest BCUT2D eigenvalue weighted by molar-refractivity contribution is 0.0601. The number of rotatable bonds is 1. The summed E-state index contributed by atoms with van der Waals surface area (Å²) < 4.78 is 4.69. The molecule has 0 spiro atoms. The molecule has 1 heterocycles. The van der Waals surface area contributed by atoms with Crippen molar-refractivity contribution in [1.82, 2.24) is 0 Å². The van der Waals surface area contributed by atoms with Crippen molar-refractivity contribution in [2.75, 3.05) is 30.9 Å². The van der Waals surface area contributed by atoms with Gasteiger partial charge in [-0.1, -0.05) is 0 Å². The molecule has 0 aliphatic carbocycles. The summed E-state index contributed by atoms with van der Waals surface area (Å²) in [5, 5.41) is 3.31. The Morgan fingerprint density at radius 1 is 1.56 bits per heavy atom. The molecular formula is C12H16N2O2. The first-order chi connectivity index (χ1) is 7.63. The van der Waals surface area contributed by atoms with Gasteiger partial charge in [0.15, 0.2) is 0 Å². The predicted molar refractivity (Wildman–Crippen MR) is 64.1 cm³/mol. The van der Waals surface area contributed by atoms with Gasteiger partial charge >= 0.3 is 5.97 Å². The van der Waals surface area contributed by atoms with Crippen LogP contribution < -0.4 is 10.2 Å². The molecule has 1 unspecified atom stereocenters. The van der Waals surface area contributed by atoms with Crippen molar-refractivity contribution in [3.05, 3.63) is 23.8 Å². The van der Waals surface area contributed by atoms with Gasteiger partial charge in [-0.25, -0.2) is 4.79 Å². The number of benzene rings is 1. The van der Waals surface area contributed by atoms with Crippen LogP contribution in [-0.4, -0.2) is 32.7 Å². The first-order valence-corrected chi connectivity index (χ1v) is 5.32. The first-order valence-electron chi connectivity index (χ1n) is 5.32. The van der Waals surface area contributed by atoms with Gasteiger partial charge in [-0.2, -0.15) is 0 Å². The van der Waals surface area contributed by atoms with E-state index in [1.165, 1.54) is 7.11 Å². The number of nitrogens with zero attached hydrogens (tertiary/aromatic N) is 1. The molecule has 86 valence electrons. The van der Waals surface area contributed by atoms with E-state index < -0.39 is 0 Å². The average Bonchev–Trinajstić information content (AvgIpc) is 2.32. The van der Waals surface area contributed by atoms with Crippen LogP contribution in [0.5, 0.6) is 0 Å². The predicted octanol–water partition coefficient (Wildman–Crippen LogP) is 1.72. The summed E-state index contributed by atoms with van der Waals surface area (Å²) in [6.45, 7) is 3.04. The van der Waals surface area contributed by atoms with E-state index in [1.807, 2.05) is 12.1 Å². The maximum absolute atomic E-state index is 11.4. The fourth-order valence-electron chi connectivity index (χ4n) is 1.86. The Kier molecular flexibility index (Phi) is 2.73. The van der Waals surface area contributed by atoms with Crippen LogP contribution in [0.4, 0.5) is 11.4 Å². The fourth-order valence-corrected chi connectivity index (χ4v) is 1.86. The van der Waals surface area contributed by atoms with Crippen molar-refractivity contribution in [2.24, 2.45) is 0 Å². The maximum atomic E-state index is 11.4. The summed E-state index contributed by atoms with van der Waals surface area (Å²) in [6.07, 6.45) is 0. The van der Waals surface area contributed by atoms with Gasteiger partial charge < -0.3 is 15.0 Å². The zero-order valence-electron chi connectivity index (χ0n) is 9.78. The van der Waals surface area contributed by atoms with Crippen LogP contribution in [0.15, 0.2) is 18.2 Å². The second-order valence-electron chi connectivity index (χ2n) is 4.06. The molecule has 1 aliphatic rings. The molecule has 1 aromatic rings. The quantitative estimate of drug-likeness (QED) is 0.732. The normalized spacial score (nSPS) is 18.7. The fraction of sp³-hybridized carbons (Fsp3) is 0.417. The molecule has 1 atom stereocenters. The molecule has 0 aromatic heterocycles. The third kappa shape index (κ3) is 1.71. The van der Waals surface area contributed by atoms with Gasteiger partial charge in [0.2, 0.25) is 0 Å². The van der Waals surface area contributed by atoms with Gasteiger partial charge in [0.1, 0.15) is 0 Å². The SMILES string of the molecule is COC(=O)c1ccc2c(c1)NCC(C)N2C. The van der Waals surface area contributed by atoms with E-state index in [1.54, 1.807) is 6.07 Å². The number of carbonyl (C=O) groups excluding carboxylic acids is 1. The number of hydrogen-bond acceptors (Lipinski definition) is 4. The third-order valence-electron chi connectivity index (χ3n) is 3.05. The van der Waals surface area contributed by atoms with Crippen molar-refractivity contribution < 1.29 is 9.53 Å². The second kappa shape index (κ2) is 4.04. The number of likely N-dealkylation sites (N-methyl/N-ethyl adjacent to an activating group) is 1. The number of methoxy groups -OCH3 is 1. The van der Waals surface area contributed by atoms with E-state index in [0.717, 1.165) is 17.9 Å². The molecule has 4 nitrogen and oxygen atoms in total. The number of carbonyl (C=O) groups is 1. The Bertz CT molecular complexity index is 417. The molecule has 0 bridgehead atoms. The molecule has 0 amide bonds. The second-order valence-corrected chi connectivity index (χ2v) is 4.06. The van der Waals surface area contributed by atoms with Crippen LogP contribution >= 0.6 is 0 Å².